The third-order valence-corrected chi connectivity index (χ3v) is 3.72. The lowest BCUT2D eigenvalue weighted by atomic mass is 10.2. The third-order valence-electron chi connectivity index (χ3n) is 3.72. The monoisotopic (exact) mass is 434 g/mol. The van der Waals surface area contributed by atoms with Crippen LogP contribution in [0.3, 0.4) is 0 Å². The van der Waals surface area contributed by atoms with Gasteiger partial charge in [0.25, 0.3) is 6.29 Å². The molecule has 0 spiro atoms. The maximum atomic E-state index is 12.1. The van der Waals surface area contributed by atoms with E-state index in [1.165, 1.54) is 24.3 Å². The summed E-state index contributed by atoms with van der Waals surface area (Å²) in [6.45, 7) is 6.72. The maximum absolute atomic E-state index is 12.1. The van der Waals surface area contributed by atoms with E-state index in [-0.39, 0.29) is 17.7 Å². The van der Waals surface area contributed by atoms with Gasteiger partial charge in [-0.25, -0.2) is 9.59 Å². The highest BCUT2D eigenvalue weighted by Gasteiger charge is 2.20. The van der Waals surface area contributed by atoms with E-state index in [9.17, 15) is 9.59 Å². The lowest BCUT2D eigenvalue weighted by molar-refractivity contribution is -0.426. The van der Waals surface area contributed by atoms with Crippen LogP contribution >= 0.6 is 0 Å². The maximum Gasteiger partial charge on any atom is 0.373 e. The van der Waals surface area contributed by atoms with Gasteiger partial charge >= 0.3 is 11.9 Å². The molecule has 168 valence electrons. The minimum atomic E-state index is -1.28. The number of benzene rings is 2. The van der Waals surface area contributed by atoms with Crippen molar-refractivity contribution in [2.45, 2.75) is 27.1 Å². The largest absolute Gasteiger partial charge is 0.494 e. The van der Waals surface area contributed by atoms with Gasteiger partial charge in [0.05, 0.1) is 24.3 Å². The van der Waals surface area contributed by atoms with E-state index < -0.39 is 18.2 Å². The topological polar surface area (TPSA) is 98.8 Å². The van der Waals surface area contributed by atoms with Crippen molar-refractivity contribution >= 4 is 11.9 Å². The number of rotatable bonds is 13. The first-order valence-electron chi connectivity index (χ1n) is 9.86. The van der Waals surface area contributed by atoms with Crippen molar-refractivity contribution in [3.8, 4) is 11.5 Å². The van der Waals surface area contributed by atoms with E-state index in [0.29, 0.717) is 31.3 Å². The predicted molar refractivity (Wildman–Crippen MR) is 109 cm³/mol. The van der Waals surface area contributed by atoms with Gasteiger partial charge in [0.1, 0.15) is 18.1 Å². The second kappa shape index (κ2) is 13.2. The molecule has 0 aliphatic heterocycles. The van der Waals surface area contributed by atoms with Crippen LogP contribution in [-0.2, 0) is 24.3 Å². The summed E-state index contributed by atoms with van der Waals surface area (Å²) >= 11 is 0. The Bertz CT molecular complexity index is 737. The fraction of sp³-hybridized carbons (Fsp3) is 0.364. The lowest BCUT2D eigenvalue weighted by Crippen LogP contribution is -2.26. The average Bonchev–Trinajstić information content (AvgIpc) is 2.79. The van der Waals surface area contributed by atoms with Crippen LogP contribution in [0, 0.1) is 0 Å². The summed E-state index contributed by atoms with van der Waals surface area (Å²) in [4.78, 5) is 43.7. The fourth-order valence-electron chi connectivity index (χ4n) is 2.28. The van der Waals surface area contributed by atoms with E-state index >= 15 is 0 Å². The van der Waals surface area contributed by atoms with E-state index in [1.54, 1.807) is 31.2 Å². The summed E-state index contributed by atoms with van der Waals surface area (Å²) in [5, 5.41) is 0. The van der Waals surface area contributed by atoms with Gasteiger partial charge in [-0.1, -0.05) is 0 Å². The van der Waals surface area contributed by atoms with Gasteiger partial charge in [0.2, 0.25) is 0 Å². The van der Waals surface area contributed by atoms with E-state index in [2.05, 4.69) is 0 Å². The molecule has 2 rings (SSSR count). The van der Waals surface area contributed by atoms with E-state index in [4.69, 9.17) is 33.8 Å². The summed E-state index contributed by atoms with van der Waals surface area (Å²) in [6, 6.07) is 12.6. The first-order valence-corrected chi connectivity index (χ1v) is 9.86. The molecule has 0 bridgehead atoms. The first kappa shape index (κ1) is 24.1. The molecule has 0 atom stereocenters. The minimum absolute atomic E-state index is 0.135. The molecule has 0 radical (unpaired) electrons. The Balaban J connectivity index is 1.87. The molecule has 31 heavy (non-hydrogen) atoms. The number of hydrogen-bond donors (Lipinski definition) is 0. The van der Waals surface area contributed by atoms with Gasteiger partial charge in [-0.05, 0) is 69.3 Å². The molecule has 9 nitrogen and oxygen atoms in total. The summed E-state index contributed by atoms with van der Waals surface area (Å²) in [5.41, 5.74) is 0.481. The van der Waals surface area contributed by atoms with Crippen molar-refractivity contribution in [2.24, 2.45) is 0 Å². The second-order valence-corrected chi connectivity index (χ2v) is 5.94. The summed E-state index contributed by atoms with van der Waals surface area (Å²) in [5.74, 6) is -0.269. The molecule has 0 amide bonds. The van der Waals surface area contributed by atoms with Crippen molar-refractivity contribution in [1.82, 2.24) is 0 Å². The fourth-order valence-corrected chi connectivity index (χ4v) is 2.28. The van der Waals surface area contributed by atoms with Gasteiger partial charge in [-0.15, -0.1) is 9.78 Å². The Labute approximate surface area is 180 Å². The highest BCUT2D eigenvalue weighted by molar-refractivity contribution is 5.89. The van der Waals surface area contributed by atoms with Gasteiger partial charge < -0.3 is 14.2 Å². The molecule has 0 heterocycles. The predicted octanol–water partition coefficient (Wildman–Crippen LogP) is 3.72. The van der Waals surface area contributed by atoms with Crippen LogP contribution in [0.2, 0.25) is 0 Å². The van der Waals surface area contributed by atoms with E-state index in [1.807, 2.05) is 13.8 Å². The van der Waals surface area contributed by atoms with Crippen LogP contribution in [0.1, 0.15) is 41.5 Å². The van der Waals surface area contributed by atoms with Crippen LogP contribution in [0.4, 0.5) is 0 Å². The molecular formula is C22H26O9. The smallest absolute Gasteiger partial charge is 0.373 e. The zero-order chi connectivity index (χ0) is 22.5. The Kier molecular flexibility index (Phi) is 10.3. The molecule has 2 aromatic rings. The zero-order valence-corrected chi connectivity index (χ0v) is 17.7. The molecule has 0 saturated carbocycles. The quantitative estimate of drug-likeness (QED) is 0.265. The average molecular weight is 434 g/mol. The van der Waals surface area contributed by atoms with Crippen molar-refractivity contribution in [3.63, 3.8) is 0 Å². The number of carbonyl (C=O) groups excluding carboxylic acids is 2. The van der Waals surface area contributed by atoms with E-state index in [0.717, 1.165) is 0 Å². The van der Waals surface area contributed by atoms with Crippen molar-refractivity contribution in [1.29, 1.82) is 0 Å². The van der Waals surface area contributed by atoms with Crippen molar-refractivity contribution < 1.29 is 43.3 Å². The molecule has 0 aliphatic carbocycles. The Hall–Kier alpha value is -3.14. The number of ether oxygens (including phenoxy) is 3. The molecule has 0 N–H and O–H groups in total. The third kappa shape index (κ3) is 8.25. The highest BCUT2D eigenvalue weighted by atomic mass is 17.3. The number of carbonyl (C=O) groups is 2. The first-order chi connectivity index (χ1) is 15.1. The van der Waals surface area contributed by atoms with Gasteiger partial charge in [0, 0.05) is 6.61 Å². The van der Waals surface area contributed by atoms with Crippen molar-refractivity contribution in [2.75, 3.05) is 26.4 Å². The Morgan fingerprint density at radius 2 is 1.10 bits per heavy atom. The van der Waals surface area contributed by atoms with Crippen molar-refractivity contribution in [3.05, 3.63) is 59.7 Å². The molecule has 0 unspecified atom stereocenters. The Morgan fingerprint density at radius 1 is 0.677 bits per heavy atom. The van der Waals surface area contributed by atoms with Crippen LogP contribution in [0.5, 0.6) is 11.5 Å². The standard InChI is InChI=1S/C22H26O9/c1-4-25-15-20(28-30-21(23)16-7-11-18(12-8-16)26-5-2)29-31-22(24)17-9-13-19(14-10-17)27-6-3/h7-14,20H,4-6,15H2,1-3H3. The lowest BCUT2D eigenvalue weighted by Gasteiger charge is -2.15. The van der Waals surface area contributed by atoms with Gasteiger partial charge in [-0.3, -0.25) is 9.78 Å². The second-order valence-electron chi connectivity index (χ2n) is 5.94. The summed E-state index contributed by atoms with van der Waals surface area (Å²) in [6.07, 6.45) is -1.28. The SMILES string of the molecule is CCOCC(OOC(=O)c1ccc(OCC)cc1)OOC(=O)c1ccc(OCC)cc1. The van der Waals surface area contributed by atoms with Crippen LogP contribution in [0.25, 0.3) is 0 Å². The molecule has 9 heteroatoms. The minimum Gasteiger partial charge on any atom is -0.494 e. The number of hydrogen-bond acceptors (Lipinski definition) is 9. The summed E-state index contributed by atoms with van der Waals surface area (Å²) in [7, 11) is 0. The van der Waals surface area contributed by atoms with Crippen LogP contribution in [0.15, 0.2) is 48.5 Å². The Morgan fingerprint density at radius 3 is 1.45 bits per heavy atom. The molecule has 0 aromatic heterocycles. The van der Waals surface area contributed by atoms with Gasteiger partial charge in [-0.2, -0.15) is 0 Å². The van der Waals surface area contributed by atoms with Gasteiger partial charge in [0.15, 0.2) is 0 Å². The molecule has 0 fully saturated rings. The molecular weight excluding hydrogens is 408 g/mol. The zero-order valence-electron chi connectivity index (χ0n) is 17.7. The molecule has 0 saturated heterocycles. The highest BCUT2D eigenvalue weighted by Crippen LogP contribution is 2.15. The summed E-state index contributed by atoms with van der Waals surface area (Å²) < 4.78 is 15.8. The molecule has 0 aliphatic rings. The van der Waals surface area contributed by atoms with Crippen LogP contribution in [-0.4, -0.2) is 44.7 Å². The molecule has 2 aromatic carbocycles. The van der Waals surface area contributed by atoms with Crippen LogP contribution < -0.4 is 9.47 Å². The normalized spacial score (nSPS) is 10.6.